The Balaban J connectivity index is 2.06. The van der Waals surface area contributed by atoms with Gasteiger partial charge in [0.1, 0.15) is 5.75 Å². The Morgan fingerprint density at radius 2 is 1.94 bits per heavy atom. The van der Waals surface area contributed by atoms with Crippen LogP contribution in [-0.2, 0) is 6.54 Å². The number of aromatic hydroxyl groups is 1. The fraction of sp³-hybridized carbons (Fsp3) is 0.0714. The second-order valence-electron chi connectivity index (χ2n) is 3.97. The lowest BCUT2D eigenvalue weighted by Gasteiger charge is -2.07. The number of hydrogen-bond donors (Lipinski definition) is 3. The smallest absolute Gasteiger partial charge is 0.248 e. The molecule has 4 heteroatoms. The summed E-state index contributed by atoms with van der Waals surface area (Å²) in [6, 6.07) is 14.0. The number of hydrogen-bond acceptors (Lipinski definition) is 3. The van der Waals surface area contributed by atoms with E-state index in [4.69, 9.17) is 5.73 Å². The molecule has 0 saturated heterocycles. The van der Waals surface area contributed by atoms with Crippen LogP contribution in [-0.4, -0.2) is 11.0 Å². The highest BCUT2D eigenvalue weighted by atomic mass is 16.3. The van der Waals surface area contributed by atoms with E-state index in [1.807, 2.05) is 12.1 Å². The number of phenols is 1. The first-order valence-corrected chi connectivity index (χ1v) is 5.57. The van der Waals surface area contributed by atoms with Crippen molar-refractivity contribution in [1.29, 1.82) is 0 Å². The van der Waals surface area contributed by atoms with E-state index in [1.54, 1.807) is 36.4 Å². The predicted octanol–water partition coefficient (Wildman–Crippen LogP) is 2.10. The number of nitrogens with one attached hydrogen (secondary N) is 1. The number of anilines is 1. The number of amides is 1. The molecule has 1 amide bonds. The van der Waals surface area contributed by atoms with E-state index >= 15 is 0 Å². The summed E-state index contributed by atoms with van der Waals surface area (Å²) in [6.07, 6.45) is 0. The highest BCUT2D eigenvalue weighted by Crippen LogP contribution is 2.16. The Bertz CT molecular complexity index is 567. The molecule has 0 radical (unpaired) electrons. The molecule has 18 heavy (non-hydrogen) atoms. The van der Waals surface area contributed by atoms with Gasteiger partial charge in [0, 0.05) is 23.9 Å². The number of carbonyl (C=O) groups excluding carboxylic acids is 1. The van der Waals surface area contributed by atoms with E-state index < -0.39 is 5.91 Å². The Kier molecular flexibility index (Phi) is 3.48. The van der Waals surface area contributed by atoms with E-state index in [2.05, 4.69) is 5.32 Å². The minimum absolute atomic E-state index is 0.214. The molecular weight excluding hydrogens is 228 g/mol. The largest absolute Gasteiger partial charge is 0.508 e. The van der Waals surface area contributed by atoms with Crippen LogP contribution >= 0.6 is 0 Å². The summed E-state index contributed by atoms with van der Waals surface area (Å²) in [5, 5.41) is 12.5. The minimum Gasteiger partial charge on any atom is -0.508 e. The lowest BCUT2D eigenvalue weighted by Crippen LogP contribution is -2.11. The maximum atomic E-state index is 11.0. The maximum absolute atomic E-state index is 11.0. The summed E-state index contributed by atoms with van der Waals surface area (Å²) in [4.78, 5) is 11.0. The molecule has 0 unspecified atom stereocenters. The summed E-state index contributed by atoms with van der Waals surface area (Å²) in [5.74, 6) is -0.222. The normalized spacial score (nSPS) is 10.0. The Morgan fingerprint density at radius 3 is 2.67 bits per heavy atom. The summed E-state index contributed by atoms with van der Waals surface area (Å²) in [7, 11) is 0. The molecule has 0 aliphatic carbocycles. The van der Waals surface area contributed by atoms with E-state index in [0.717, 1.165) is 11.3 Å². The fourth-order valence-electron chi connectivity index (χ4n) is 1.65. The summed E-state index contributed by atoms with van der Waals surface area (Å²) in [6.45, 7) is 0.560. The average molecular weight is 242 g/mol. The quantitative estimate of drug-likeness (QED) is 0.768. The van der Waals surface area contributed by atoms with Crippen LogP contribution in [0.2, 0.25) is 0 Å². The van der Waals surface area contributed by atoms with Crippen molar-refractivity contribution in [2.45, 2.75) is 6.54 Å². The molecular formula is C14H14N2O2. The Hall–Kier alpha value is -2.49. The van der Waals surface area contributed by atoms with Crippen LogP contribution in [0, 0.1) is 0 Å². The van der Waals surface area contributed by atoms with Gasteiger partial charge >= 0.3 is 0 Å². The summed E-state index contributed by atoms with van der Waals surface area (Å²) >= 11 is 0. The zero-order chi connectivity index (χ0) is 13.0. The van der Waals surface area contributed by atoms with Crippen LogP contribution in [0.25, 0.3) is 0 Å². The van der Waals surface area contributed by atoms with Crippen LogP contribution < -0.4 is 11.1 Å². The van der Waals surface area contributed by atoms with Crippen LogP contribution in [0.15, 0.2) is 48.5 Å². The summed E-state index contributed by atoms with van der Waals surface area (Å²) in [5.41, 5.74) is 7.48. The van der Waals surface area contributed by atoms with Crippen LogP contribution in [0.1, 0.15) is 15.9 Å². The number of phenolic OH excluding ortho intramolecular Hbond substituents is 1. The number of primary amides is 1. The molecule has 0 atom stereocenters. The monoisotopic (exact) mass is 242 g/mol. The van der Waals surface area contributed by atoms with Crippen molar-refractivity contribution in [3.8, 4) is 5.75 Å². The van der Waals surface area contributed by atoms with Crippen molar-refractivity contribution < 1.29 is 9.90 Å². The van der Waals surface area contributed by atoms with Crippen molar-refractivity contribution >= 4 is 11.6 Å². The number of rotatable bonds is 4. The predicted molar refractivity (Wildman–Crippen MR) is 70.4 cm³/mol. The van der Waals surface area contributed by atoms with Gasteiger partial charge in [-0.3, -0.25) is 4.79 Å². The number of benzene rings is 2. The van der Waals surface area contributed by atoms with Crippen molar-refractivity contribution in [2.24, 2.45) is 5.73 Å². The standard InChI is InChI=1S/C14H14N2O2/c15-14(18)11-4-1-3-10(7-11)9-16-12-5-2-6-13(17)8-12/h1-8,16-17H,9H2,(H2,15,18). The molecule has 2 rings (SSSR count). The van der Waals surface area contributed by atoms with Gasteiger partial charge in [0.05, 0.1) is 0 Å². The SMILES string of the molecule is NC(=O)c1cccc(CNc2cccc(O)c2)c1. The minimum atomic E-state index is -0.436. The van der Waals surface area contributed by atoms with Crippen LogP contribution in [0.4, 0.5) is 5.69 Å². The van der Waals surface area contributed by atoms with Crippen molar-refractivity contribution in [1.82, 2.24) is 0 Å². The molecule has 0 fully saturated rings. The van der Waals surface area contributed by atoms with Gasteiger partial charge in [0.25, 0.3) is 0 Å². The molecule has 0 aromatic heterocycles. The molecule has 0 bridgehead atoms. The summed E-state index contributed by atoms with van der Waals surface area (Å²) < 4.78 is 0. The van der Waals surface area contributed by atoms with Gasteiger partial charge in [-0.1, -0.05) is 18.2 Å². The molecule has 0 aliphatic rings. The second kappa shape index (κ2) is 5.23. The van der Waals surface area contributed by atoms with E-state index in [-0.39, 0.29) is 5.75 Å². The molecule has 2 aromatic rings. The molecule has 4 nitrogen and oxygen atoms in total. The zero-order valence-corrected chi connectivity index (χ0v) is 9.76. The average Bonchev–Trinajstić information content (AvgIpc) is 2.37. The molecule has 92 valence electrons. The van der Waals surface area contributed by atoms with E-state index in [9.17, 15) is 9.90 Å². The Labute approximate surface area is 105 Å². The lowest BCUT2D eigenvalue weighted by atomic mass is 10.1. The second-order valence-corrected chi connectivity index (χ2v) is 3.97. The van der Waals surface area contributed by atoms with Crippen LogP contribution in [0.3, 0.4) is 0 Å². The van der Waals surface area contributed by atoms with Gasteiger partial charge in [-0.25, -0.2) is 0 Å². The van der Waals surface area contributed by atoms with Crippen molar-refractivity contribution in [2.75, 3.05) is 5.32 Å². The molecule has 2 aromatic carbocycles. The number of carbonyl (C=O) groups is 1. The van der Waals surface area contributed by atoms with Crippen molar-refractivity contribution in [3.63, 3.8) is 0 Å². The van der Waals surface area contributed by atoms with E-state index in [0.29, 0.717) is 12.1 Å². The third-order valence-corrected chi connectivity index (χ3v) is 2.55. The van der Waals surface area contributed by atoms with Crippen LogP contribution in [0.5, 0.6) is 5.75 Å². The van der Waals surface area contributed by atoms with Gasteiger partial charge < -0.3 is 16.2 Å². The fourth-order valence-corrected chi connectivity index (χ4v) is 1.65. The highest BCUT2D eigenvalue weighted by Gasteiger charge is 2.01. The highest BCUT2D eigenvalue weighted by molar-refractivity contribution is 5.92. The molecule has 0 heterocycles. The first kappa shape index (κ1) is 12.0. The van der Waals surface area contributed by atoms with E-state index in [1.165, 1.54) is 0 Å². The molecule has 4 N–H and O–H groups in total. The molecule has 0 spiro atoms. The third kappa shape index (κ3) is 3.01. The van der Waals surface area contributed by atoms with Gasteiger partial charge in [-0.15, -0.1) is 0 Å². The lowest BCUT2D eigenvalue weighted by molar-refractivity contribution is 0.1000. The molecule has 0 saturated carbocycles. The first-order valence-electron chi connectivity index (χ1n) is 5.57. The van der Waals surface area contributed by atoms with Gasteiger partial charge in [0.15, 0.2) is 0 Å². The van der Waals surface area contributed by atoms with Gasteiger partial charge in [-0.05, 0) is 29.8 Å². The third-order valence-electron chi connectivity index (χ3n) is 2.55. The number of nitrogens with two attached hydrogens (primary N) is 1. The zero-order valence-electron chi connectivity index (χ0n) is 9.76. The topological polar surface area (TPSA) is 75.4 Å². The Morgan fingerprint density at radius 1 is 1.17 bits per heavy atom. The first-order chi connectivity index (χ1) is 8.65. The van der Waals surface area contributed by atoms with Gasteiger partial charge in [0.2, 0.25) is 5.91 Å². The molecule has 0 aliphatic heterocycles. The maximum Gasteiger partial charge on any atom is 0.248 e. The van der Waals surface area contributed by atoms with Crippen molar-refractivity contribution in [3.05, 3.63) is 59.7 Å². The van der Waals surface area contributed by atoms with Gasteiger partial charge in [-0.2, -0.15) is 0 Å².